The van der Waals surface area contributed by atoms with Crippen molar-refractivity contribution in [2.75, 3.05) is 19.6 Å². The molecule has 0 saturated carbocycles. The van der Waals surface area contributed by atoms with Crippen LogP contribution in [-0.4, -0.2) is 42.5 Å². The molecule has 1 aromatic heterocycles. The maximum atomic E-state index is 12.6. The third-order valence-electron chi connectivity index (χ3n) is 5.64. The Morgan fingerprint density at radius 1 is 1.10 bits per heavy atom. The van der Waals surface area contributed by atoms with Crippen LogP contribution in [0.2, 0.25) is 0 Å². The SMILES string of the molecule is Cc1ccc(S(=O)(=O)NCC2CCCN(Cc3ccc(-n4ccnc4)cc3)C2)cc1. The van der Waals surface area contributed by atoms with Crippen molar-refractivity contribution >= 4 is 10.0 Å². The van der Waals surface area contributed by atoms with Gasteiger partial charge in [-0.15, -0.1) is 0 Å². The van der Waals surface area contributed by atoms with Gasteiger partial charge in [-0.2, -0.15) is 0 Å². The summed E-state index contributed by atoms with van der Waals surface area (Å²) in [6.07, 6.45) is 7.63. The molecule has 2 aromatic carbocycles. The van der Waals surface area contributed by atoms with E-state index in [0.29, 0.717) is 17.4 Å². The Hall–Kier alpha value is -2.48. The first-order valence-corrected chi connectivity index (χ1v) is 11.8. The van der Waals surface area contributed by atoms with Crippen LogP contribution in [-0.2, 0) is 16.6 Å². The molecule has 0 aliphatic carbocycles. The quantitative estimate of drug-likeness (QED) is 0.631. The van der Waals surface area contributed by atoms with Crippen molar-refractivity contribution in [1.29, 1.82) is 0 Å². The van der Waals surface area contributed by atoms with Crippen molar-refractivity contribution in [3.8, 4) is 5.69 Å². The van der Waals surface area contributed by atoms with E-state index in [1.807, 2.05) is 29.8 Å². The molecule has 7 heteroatoms. The van der Waals surface area contributed by atoms with Crippen LogP contribution in [0.5, 0.6) is 0 Å². The summed E-state index contributed by atoms with van der Waals surface area (Å²) < 4.78 is 29.9. The number of aryl methyl sites for hydroxylation is 1. The van der Waals surface area contributed by atoms with Crippen LogP contribution >= 0.6 is 0 Å². The molecule has 1 unspecified atom stereocenters. The van der Waals surface area contributed by atoms with Gasteiger partial charge in [-0.1, -0.05) is 29.8 Å². The summed E-state index contributed by atoms with van der Waals surface area (Å²) in [5.41, 5.74) is 3.41. The van der Waals surface area contributed by atoms with E-state index >= 15 is 0 Å². The van der Waals surface area contributed by atoms with Gasteiger partial charge in [-0.3, -0.25) is 4.90 Å². The summed E-state index contributed by atoms with van der Waals surface area (Å²) >= 11 is 0. The minimum atomic E-state index is -3.46. The van der Waals surface area contributed by atoms with E-state index in [1.54, 1.807) is 24.7 Å². The normalized spacial score (nSPS) is 17.8. The Morgan fingerprint density at radius 3 is 2.57 bits per heavy atom. The molecule has 0 bridgehead atoms. The lowest BCUT2D eigenvalue weighted by molar-refractivity contribution is 0.169. The zero-order chi connectivity index (χ0) is 21.0. The molecule has 1 fully saturated rings. The van der Waals surface area contributed by atoms with E-state index in [-0.39, 0.29) is 0 Å². The first-order valence-electron chi connectivity index (χ1n) is 10.4. The van der Waals surface area contributed by atoms with Gasteiger partial charge in [-0.05, 0) is 62.1 Å². The van der Waals surface area contributed by atoms with Crippen LogP contribution in [0.1, 0.15) is 24.0 Å². The fourth-order valence-electron chi connectivity index (χ4n) is 3.93. The van der Waals surface area contributed by atoms with Gasteiger partial charge in [0.2, 0.25) is 10.0 Å². The van der Waals surface area contributed by atoms with Gasteiger partial charge in [0.25, 0.3) is 0 Å². The Balaban J connectivity index is 1.31. The summed E-state index contributed by atoms with van der Waals surface area (Å²) in [6.45, 7) is 5.26. The average molecular weight is 425 g/mol. The van der Waals surface area contributed by atoms with Crippen molar-refractivity contribution in [2.24, 2.45) is 5.92 Å². The predicted molar refractivity (Wildman–Crippen MR) is 118 cm³/mol. The van der Waals surface area contributed by atoms with Crippen molar-refractivity contribution < 1.29 is 8.42 Å². The number of nitrogens with zero attached hydrogens (tertiary/aromatic N) is 3. The number of piperidine rings is 1. The number of sulfonamides is 1. The molecule has 3 aromatic rings. The van der Waals surface area contributed by atoms with Crippen molar-refractivity contribution in [2.45, 2.75) is 31.2 Å². The zero-order valence-corrected chi connectivity index (χ0v) is 18.1. The van der Waals surface area contributed by atoms with E-state index in [4.69, 9.17) is 0 Å². The molecule has 1 N–H and O–H groups in total. The Kier molecular flexibility index (Phi) is 6.32. The highest BCUT2D eigenvalue weighted by atomic mass is 32.2. The maximum Gasteiger partial charge on any atom is 0.240 e. The highest BCUT2D eigenvalue weighted by Gasteiger charge is 2.22. The van der Waals surface area contributed by atoms with Crippen LogP contribution in [0.15, 0.2) is 72.1 Å². The second kappa shape index (κ2) is 9.12. The van der Waals surface area contributed by atoms with E-state index in [9.17, 15) is 8.42 Å². The molecule has 0 radical (unpaired) electrons. The number of benzene rings is 2. The van der Waals surface area contributed by atoms with Crippen molar-refractivity contribution in [1.82, 2.24) is 19.2 Å². The molecule has 1 atom stereocenters. The van der Waals surface area contributed by atoms with E-state index in [0.717, 1.165) is 43.7 Å². The molecule has 1 saturated heterocycles. The van der Waals surface area contributed by atoms with Crippen LogP contribution in [0.4, 0.5) is 0 Å². The number of rotatable bonds is 7. The average Bonchev–Trinajstić information content (AvgIpc) is 3.29. The van der Waals surface area contributed by atoms with Gasteiger partial charge >= 0.3 is 0 Å². The molecule has 0 amide bonds. The molecule has 158 valence electrons. The second-order valence-electron chi connectivity index (χ2n) is 8.04. The minimum Gasteiger partial charge on any atom is -0.306 e. The second-order valence-corrected chi connectivity index (χ2v) is 9.81. The first-order chi connectivity index (χ1) is 14.5. The summed E-state index contributed by atoms with van der Waals surface area (Å²) in [6, 6.07) is 15.5. The Labute approximate surface area is 178 Å². The molecule has 30 heavy (non-hydrogen) atoms. The van der Waals surface area contributed by atoms with Crippen LogP contribution < -0.4 is 4.72 Å². The van der Waals surface area contributed by atoms with Gasteiger partial charge in [-0.25, -0.2) is 18.1 Å². The smallest absolute Gasteiger partial charge is 0.240 e. The monoisotopic (exact) mass is 424 g/mol. The Bertz CT molecular complexity index is 1050. The number of hydrogen-bond acceptors (Lipinski definition) is 4. The third-order valence-corrected chi connectivity index (χ3v) is 7.08. The lowest BCUT2D eigenvalue weighted by Crippen LogP contribution is -2.40. The number of nitrogens with one attached hydrogen (secondary N) is 1. The number of aromatic nitrogens is 2. The van der Waals surface area contributed by atoms with Crippen LogP contribution in [0, 0.1) is 12.8 Å². The summed E-state index contributed by atoms with van der Waals surface area (Å²) in [4.78, 5) is 6.84. The van der Waals surface area contributed by atoms with Crippen molar-refractivity contribution in [3.05, 3.63) is 78.4 Å². The zero-order valence-electron chi connectivity index (χ0n) is 17.2. The molecular formula is C23H28N4O2S. The highest BCUT2D eigenvalue weighted by molar-refractivity contribution is 7.89. The maximum absolute atomic E-state index is 12.6. The van der Waals surface area contributed by atoms with E-state index in [1.165, 1.54) is 5.56 Å². The summed E-state index contributed by atoms with van der Waals surface area (Å²) in [7, 11) is -3.46. The van der Waals surface area contributed by atoms with Crippen LogP contribution in [0.25, 0.3) is 5.69 Å². The predicted octanol–water partition coefficient (Wildman–Crippen LogP) is 3.37. The molecule has 2 heterocycles. The Morgan fingerprint density at radius 2 is 1.87 bits per heavy atom. The standard InChI is InChI=1S/C23H28N4O2S/c1-19-4-10-23(11-5-19)30(28,29)25-15-21-3-2-13-26(17-21)16-20-6-8-22(9-7-20)27-14-12-24-18-27/h4-12,14,18,21,25H,2-3,13,15-17H2,1H3. The lowest BCUT2D eigenvalue weighted by atomic mass is 9.98. The molecule has 0 spiro atoms. The summed E-state index contributed by atoms with van der Waals surface area (Å²) in [5, 5.41) is 0. The van der Waals surface area contributed by atoms with E-state index in [2.05, 4.69) is 38.9 Å². The summed E-state index contributed by atoms with van der Waals surface area (Å²) in [5.74, 6) is 0.323. The van der Waals surface area contributed by atoms with Gasteiger partial charge in [0, 0.05) is 37.7 Å². The third kappa shape index (κ3) is 5.16. The van der Waals surface area contributed by atoms with Crippen LogP contribution in [0.3, 0.4) is 0 Å². The highest BCUT2D eigenvalue weighted by Crippen LogP contribution is 2.20. The fraction of sp³-hybridized carbons (Fsp3) is 0.348. The van der Waals surface area contributed by atoms with Crippen molar-refractivity contribution in [3.63, 3.8) is 0 Å². The first kappa shape index (κ1) is 20.8. The topological polar surface area (TPSA) is 67.2 Å². The molecular weight excluding hydrogens is 396 g/mol. The van der Waals surface area contributed by atoms with Gasteiger partial charge in [0.05, 0.1) is 11.2 Å². The van der Waals surface area contributed by atoms with E-state index < -0.39 is 10.0 Å². The number of hydrogen-bond donors (Lipinski definition) is 1. The van der Waals surface area contributed by atoms with Gasteiger partial charge < -0.3 is 4.57 Å². The lowest BCUT2D eigenvalue weighted by Gasteiger charge is -2.32. The van der Waals surface area contributed by atoms with Gasteiger partial charge in [0.1, 0.15) is 0 Å². The largest absolute Gasteiger partial charge is 0.306 e. The molecule has 4 rings (SSSR count). The number of likely N-dealkylation sites (tertiary alicyclic amines) is 1. The molecule has 1 aliphatic rings. The number of imidazole rings is 1. The van der Waals surface area contributed by atoms with Gasteiger partial charge in [0.15, 0.2) is 0 Å². The molecule has 1 aliphatic heterocycles. The molecule has 6 nitrogen and oxygen atoms in total. The fourth-order valence-corrected chi connectivity index (χ4v) is 5.05. The minimum absolute atomic E-state index is 0.323.